The van der Waals surface area contributed by atoms with Crippen LogP contribution < -0.4 is 0 Å². The van der Waals surface area contributed by atoms with Crippen molar-refractivity contribution in [2.24, 2.45) is 5.41 Å². The Morgan fingerprint density at radius 3 is 1.50 bits per heavy atom. The van der Waals surface area contributed by atoms with Crippen LogP contribution in [0.1, 0.15) is 47.5 Å². The molecule has 0 rings (SSSR count). The summed E-state index contributed by atoms with van der Waals surface area (Å²) in [7, 11) is 3.99. The molecule has 14 heavy (non-hydrogen) atoms. The van der Waals surface area contributed by atoms with Gasteiger partial charge in [-0.05, 0) is 26.9 Å². The minimum Gasteiger partial charge on any atom is -0.297 e. The first kappa shape index (κ1) is 13.6. The van der Waals surface area contributed by atoms with Crippen molar-refractivity contribution >= 4 is 5.78 Å². The molecule has 2 heteroatoms. The Hall–Kier alpha value is -0.370. The van der Waals surface area contributed by atoms with E-state index in [1.165, 1.54) is 0 Å². The molecule has 0 spiro atoms. The molecule has 0 atom stereocenters. The van der Waals surface area contributed by atoms with Gasteiger partial charge in [-0.15, -0.1) is 0 Å². The molecule has 0 saturated carbocycles. The molecule has 84 valence electrons. The highest BCUT2D eigenvalue weighted by molar-refractivity contribution is 5.92. The monoisotopic (exact) mass is 199 g/mol. The second-order valence-electron chi connectivity index (χ2n) is 5.21. The van der Waals surface area contributed by atoms with Crippen molar-refractivity contribution in [1.82, 2.24) is 4.90 Å². The molecule has 0 radical (unpaired) electrons. The third kappa shape index (κ3) is 2.35. The van der Waals surface area contributed by atoms with Gasteiger partial charge in [-0.2, -0.15) is 0 Å². The summed E-state index contributed by atoms with van der Waals surface area (Å²) < 4.78 is 0. The van der Waals surface area contributed by atoms with E-state index in [0.717, 1.165) is 12.8 Å². The van der Waals surface area contributed by atoms with Gasteiger partial charge in [0.15, 0.2) is 5.78 Å². The lowest BCUT2D eigenvalue weighted by Gasteiger charge is -2.41. The van der Waals surface area contributed by atoms with Crippen LogP contribution >= 0.6 is 0 Å². The Labute approximate surface area is 88.7 Å². The molecule has 0 aliphatic heterocycles. The van der Waals surface area contributed by atoms with Crippen LogP contribution in [0.2, 0.25) is 0 Å². The summed E-state index contributed by atoms with van der Waals surface area (Å²) >= 11 is 0. The fraction of sp³-hybridized carbons (Fsp3) is 0.917. The lowest BCUT2D eigenvalue weighted by atomic mass is 9.74. The topological polar surface area (TPSA) is 20.3 Å². The van der Waals surface area contributed by atoms with Gasteiger partial charge in [0.05, 0.1) is 5.54 Å². The second-order valence-corrected chi connectivity index (χ2v) is 5.21. The largest absolute Gasteiger partial charge is 0.297 e. The summed E-state index contributed by atoms with van der Waals surface area (Å²) in [6.45, 7) is 10.2. The van der Waals surface area contributed by atoms with Crippen LogP contribution in [-0.2, 0) is 4.79 Å². The van der Waals surface area contributed by atoms with Crippen molar-refractivity contribution < 1.29 is 4.79 Å². The van der Waals surface area contributed by atoms with E-state index in [2.05, 4.69) is 18.7 Å². The number of ketones is 1. The summed E-state index contributed by atoms with van der Waals surface area (Å²) in [5, 5.41) is 0. The Bertz CT molecular complexity index is 197. The SMILES string of the molecule is CCC(CC)(C(=O)C(C)(C)C)N(C)C. The number of hydrogen-bond acceptors (Lipinski definition) is 2. The fourth-order valence-corrected chi connectivity index (χ4v) is 2.10. The zero-order valence-electron chi connectivity index (χ0n) is 10.8. The maximum absolute atomic E-state index is 12.3. The van der Waals surface area contributed by atoms with Crippen LogP contribution in [0.25, 0.3) is 0 Å². The van der Waals surface area contributed by atoms with Gasteiger partial charge in [0.1, 0.15) is 0 Å². The molecule has 0 aromatic carbocycles. The van der Waals surface area contributed by atoms with Gasteiger partial charge in [-0.1, -0.05) is 34.6 Å². The van der Waals surface area contributed by atoms with Crippen LogP contribution in [0.5, 0.6) is 0 Å². The van der Waals surface area contributed by atoms with Crippen LogP contribution in [0.4, 0.5) is 0 Å². The van der Waals surface area contributed by atoms with Crippen LogP contribution in [-0.4, -0.2) is 30.3 Å². The highest BCUT2D eigenvalue weighted by Gasteiger charge is 2.42. The predicted octanol–water partition coefficient (Wildman–Crippen LogP) is 2.72. The maximum atomic E-state index is 12.3. The van der Waals surface area contributed by atoms with E-state index in [4.69, 9.17) is 0 Å². The van der Waals surface area contributed by atoms with Gasteiger partial charge in [0.25, 0.3) is 0 Å². The molecular formula is C12H25NO. The molecule has 0 N–H and O–H groups in total. The molecule has 0 aliphatic carbocycles. The number of rotatable bonds is 4. The van der Waals surface area contributed by atoms with Crippen LogP contribution in [0.3, 0.4) is 0 Å². The molecule has 0 bridgehead atoms. The number of carbonyl (C=O) groups excluding carboxylic acids is 1. The van der Waals surface area contributed by atoms with Crippen molar-refractivity contribution in [3.63, 3.8) is 0 Å². The van der Waals surface area contributed by atoms with E-state index in [9.17, 15) is 4.79 Å². The summed E-state index contributed by atoms with van der Waals surface area (Å²) in [5.74, 6) is 0.347. The average Bonchev–Trinajstić information content (AvgIpc) is 2.05. The van der Waals surface area contributed by atoms with E-state index < -0.39 is 0 Å². The quantitative estimate of drug-likeness (QED) is 0.694. The second kappa shape index (κ2) is 4.43. The Morgan fingerprint density at radius 1 is 1.07 bits per heavy atom. The molecule has 0 aromatic rings. The molecule has 0 heterocycles. The Kier molecular flexibility index (Phi) is 4.32. The van der Waals surface area contributed by atoms with Crippen LogP contribution in [0.15, 0.2) is 0 Å². The molecule has 0 fully saturated rings. The van der Waals surface area contributed by atoms with Crippen molar-refractivity contribution in [3.8, 4) is 0 Å². The molecule has 0 unspecified atom stereocenters. The average molecular weight is 199 g/mol. The molecule has 0 aliphatic rings. The van der Waals surface area contributed by atoms with Crippen molar-refractivity contribution in [2.45, 2.75) is 53.0 Å². The summed E-state index contributed by atoms with van der Waals surface area (Å²) in [6, 6.07) is 0. The lowest BCUT2D eigenvalue weighted by molar-refractivity contribution is -0.138. The van der Waals surface area contributed by atoms with Crippen molar-refractivity contribution in [3.05, 3.63) is 0 Å². The highest BCUT2D eigenvalue weighted by Crippen LogP contribution is 2.31. The number of likely N-dealkylation sites (N-methyl/N-ethyl adjacent to an activating group) is 1. The smallest absolute Gasteiger partial charge is 0.158 e. The van der Waals surface area contributed by atoms with E-state index in [0.29, 0.717) is 5.78 Å². The van der Waals surface area contributed by atoms with Gasteiger partial charge in [0, 0.05) is 5.41 Å². The molecule has 2 nitrogen and oxygen atoms in total. The minimum absolute atomic E-state index is 0.254. The third-order valence-corrected chi connectivity index (χ3v) is 3.13. The van der Waals surface area contributed by atoms with Crippen molar-refractivity contribution in [1.29, 1.82) is 0 Å². The minimum atomic E-state index is -0.280. The molecule has 0 saturated heterocycles. The summed E-state index contributed by atoms with van der Waals surface area (Å²) in [5.41, 5.74) is -0.533. The van der Waals surface area contributed by atoms with Gasteiger partial charge >= 0.3 is 0 Å². The first-order valence-electron chi connectivity index (χ1n) is 5.44. The van der Waals surface area contributed by atoms with E-state index in [1.54, 1.807) is 0 Å². The third-order valence-electron chi connectivity index (χ3n) is 3.13. The van der Waals surface area contributed by atoms with Crippen molar-refractivity contribution in [2.75, 3.05) is 14.1 Å². The maximum Gasteiger partial charge on any atom is 0.158 e. The van der Waals surface area contributed by atoms with E-state index in [-0.39, 0.29) is 11.0 Å². The first-order chi connectivity index (χ1) is 6.22. The first-order valence-corrected chi connectivity index (χ1v) is 5.44. The summed E-state index contributed by atoms with van der Waals surface area (Å²) in [4.78, 5) is 14.4. The van der Waals surface area contributed by atoms with Crippen LogP contribution in [0, 0.1) is 5.41 Å². The number of Topliss-reactive ketones (excluding diaryl/α,β-unsaturated/α-hetero) is 1. The highest BCUT2D eigenvalue weighted by atomic mass is 16.1. The zero-order chi connectivity index (χ0) is 11.6. The van der Waals surface area contributed by atoms with E-state index >= 15 is 0 Å². The van der Waals surface area contributed by atoms with Gasteiger partial charge in [-0.25, -0.2) is 0 Å². The van der Waals surface area contributed by atoms with Gasteiger partial charge in [0.2, 0.25) is 0 Å². The molecule has 0 amide bonds. The predicted molar refractivity (Wildman–Crippen MR) is 61.5 cm³/mol. The number of carbonyl (C=O) groups is 1. The fourth-order valence-electron chi connectivity index (χ4n) is 2.10. The standard InChI is InChI=1S/C12H25NO/c1-8-12(9-2,13(6)7)10(14)11(3,4)5/h8-9H2,1-7H3. The number of hydrogen-bond donors (Lipinski definition) is 0. The normalized spacial score (nSPS) is 13.4. The Balaban J connectivity index is 5.11. The molecular weight excluding hydrogens is 174 g/mol. The summed E-state index contributed by atoms with van der Waals surface area (Å²) in [6.07, 6.45) is 1.76. The van der Waals surface area contributed by atoms with E-state index in [1.807, 2.05) is 34.9 Å². The van der Waals surface area contributed by atoms with Gasteiger partial charge in [-0.3, -0.25) is 9.69 Å². The Morgan fingerprint density at radius 2 is 1.43 bits per heavy atom. The van der Waals surface area contributed by atoms with Gasteiger partial charge < -0.3 is 0 Å². The zero-order valence-corrected chi connectivity index (χ0v) is 10.8. The molecule has 0 aromatic heterocycles. The lowest BCUT2D eigenvalue weighted by Crippen LogP contribution is -2.54. The number of nitrogens with zero attached hydrogens (tertiary/aromatic N) is 1.